The first-order chi connectivity index (χ1) is 14.2. The highest BCUT2D eigenvalue weighted by Crippen LogP contribution is 2.28. The second-order valence-electron chi connectivity index (χ2n) is 5.98. The van der Waals surface area contributed by atoms with Gasteiger partial charge in [0.25, 0.3) is 0 Å². The minimum Gasteiger partial charge on any atom is -0.493 e. The van der Waals surface area contributed by atoms with E-state index in [4.69, 9.17) is 21.7 Å². The Labute approximate surface area is 174 Å². The van der Waals surface area contributed by atoms with Gasteiger partial charge in [0.1, 0.15) is 12.4 Å². The van der Waals surface area contributed by atoms with Crippen LogP contribution >= 0.6 is 12.2 Å². The summed E-state index contributed by atoms with van der Waals surface area (Å²) in [6.45, 7) is 0.109. The Kier molecular flexibility index (Phi) is 7.13. The molecule has 29 heavy (non-hydrogen) atoms. The zero-order valence-electron chi connectivity index (χ0n) is 15.8. The van der Waals surface area contributed by atoms with Gasteiger partial charge in [-0.25, -0.2) is 4.39 Å². The summed E-state index contributed by atoms with van der Waals surface area (Å²) < 4.78 is 24.8. The van der Waals surface area contributed by atoms with Crippen molar-refractivity contribution in [3.63, 3.8) is 0 Å². The van der Waals surface area contributed by atoms with Crippen LogP contribution in [-0.2, 0) is 6.61 Å². The smallest absolute Gasteiger partial charge is 0.191 e. The molecule has 0 aromatic heterocycles. The van der Waals surface area contributed by atoms with Crippen molar-refractivity contribution in [1.82, 2.24) is 5.43 Å². The molecule has 0 saturated carbocycles. The molecule has 5 nitrogen and oxygen atoms in total. The van der Waals surface area contributed by atoms with Gasteiger partial charge in [-0.05, 0) is 54.2 Å². The topological polar surface area (TPSA) is 54.9 Å². The molecule has 0 aliphatic carbocycles. The molecular weight excluding hydrogens is 389 g/mol. The summed E-state index contributed by atoms with van der Waals surface area (Å²) in [7, 11) is 1.55. The number of para-hydroxylation sites is 1. The maximum atomic E-state index is 13.7. The van der Waals surface area contributed by atoms with E-state index in [2.05, 4.69) is 15.8 Å². The van der Waals surface area contributed by atoms with Crippen LogP contribution in [0.25, 0.3) is 0 Å². The molecule has 0 heterocycles. The highest BCUT2D eigenvalue weighted by molar-refractivity contribution is 7.80. The van der Waals surface area contributed by atoms with Gasteiger partial charge < -0.3 is 14.8 Å². The van der Waals surface area contributed by atoms with Crippen LogP contribution in [0, 0.1) is 5.82 Å². The Hall–Kier alpha value is -3.45. The molecule has 3 aromatic carbocycles. The summed E-state index contributed by atoms with van der Waals surface area (Å²) in [5.41, 5.74) is 4.90. The summed E-state index contributed by atoms with van der Waals surface area (Å²) >= 11 is 5.20. The molecule has 0 unspecified atom stereocenters. The fraction of sp³-hybridized carbons (Fsp3) is 0.0909. The Balaban J connectivity index is 1.58. The molecule has 7 heteroatoms. The highest BCUT2D eigenvalue weighted by atomic mass is 32.1. The molecule has 0 spiro atoms. The lowest BCUT2D eigenvalue weighted by Gasteiger charge is -2.12. The van der Waals surface area contributed by atoms with Crippen molar-refractivity contribution in [2.75, 3.05) is 12.4 Å². The van der Waals surface area contributed by atoms with Crippen LogP contribution < -0.4 is 20.2 Å². The summed E-state index contributed by atoms with van der Waals surface area (Å²) in [6.07, 6.45) is 1.61. The maximum absolute atomic E-state index is 13.7. The van der Waals surface area contributed by atoms with Crippen molar-refractivity contribution in [2.45, 2.75) is 6.61 Å². The number of methoxy groups -OCH3 is 1. The number of ether oxygens (including phenoxy) is 2. The van der Waals surface area contributed by atoms with Crippen molar-refractivity contribution in [3.05, 3.63) is 89.7 Å². The molecule has 3 rings (SSSR count). The number of anilines is 1. The van der Waals surface area contributed by atoms with Crippen LogP contribution in [0.1, 0.15) is 11.1 Å². The molecule has 0 aliphatic heterocycles. The fourth-order valence-corrected chi connectivity index (χ4v) is 2.67. The van der Waals surface area contributed by atoms with Gasteiger partial charge >= 0.3 is 0 Å². The van der Waals surface area contributed by atoms with E-state index < -0.39 is 0 Å². The number of hydrogen-bond donors (Lipinski definition) is 2. The third-order valence-corrected chi connectivity index (χ3v) is 4.13. The molecule has 0 atom stereocenters. The first-order valence-corrected chi connectivity index (χ1v) is 9.26. The van der Waals surface area contributed by atoms with Crippen LogP contribution in [0.2, 0.25) is 0 Å². The van der Waals surface area contributed by atoms with E-state index in [-0.39, 0.29) is 12.4 Å². The summed E-state index contributed by atoms with van der Waals surface area (Å²) in [5, 5.41) is 7.53. The second-order valence-corrected chi connectivity index (χ2v) is 6.39. The van der Waals surface area contributed by atoms with Gasteiger partial charge in [-0.2, -0.15) is 5.10 Å². The van der Waals surface area contributed by atoms with Crippen molar-refractivity contribution >= 4 is 29.2 Å². The lowest BCUT2D eigenvalue weighted by molar-refractivity contribution is 0.279. The maximum Gasteiger partial charge on any atom is 0.191 e. The van der Waals surface area contributed by atoms with Crippen LogP contribution in [0.3, 0.4) is 0 Å². The van der Waals surface area contributed by atoms with Gasteiger partial charge in [0.2, 0.25) is 0 Å². The van der Waals surface area contributed by atoms with Crippen LogP contribution in [-0.4, -0.2) is 18.4 Å². The lowest BCUT2D eigenvalue weighted by atomic mass is 10.2. The molecule has 148 valence electrons. The van der Waals surface area contributed by atoms with E-state index in [1.54, 1.807) is 43.7 Å². The second kappa shape index (κ2) is 10.2. The van der Waals surface area contributed by atoms with Crippen LogP contribution in [0.4, 0.5) is 10.1 Å². The molecule has 0 radical (unpaired) electrons. The van der Waals surface area contributed by atoms with E-state index in [0.29, 0.717) is 22.2 Å². The number of nitrogens with zero attached hydrogens (tertiary/aromatic N) is 1. The van der Waals surface area contributed by atoms with Crippen LogP contribution in [0.5, 0.6) is 11.5 Å². The number of hydrazone groups is 1. The van der Waals surface area contributed by atoms with E-state index in [9.17, 15) is 4.39 Å². The van der Waals surface area contributed by atoms with Gasteiger partial charge in [-0.1, -0.05) is 36.4 Å². The number of nitrogens with one attached hydrogen (secondary N) is 2. The predicted octanol–water partition coefficient (Wildman–Crippen LogP) is 4.73. The van der Waals surface area contributed by atoms with Crippen molar-refractivity contribution < 1.29 is 13.9 Å². The van der Waals surface area contributed by atoms with Gasteiger partial charge in [-0.3, -0.25) is 5.43 Å². The average Bonchev–Trinajstić information content (AvgIpc) is 2.74. The Morgan fingerprint density at radius 3 is 2.55 bits per heavy atom. The zero-order chi connectivity index (χ0) is 20.5. The normalized spacial score (nSPS) is 10.6. The number of hydrogen-bond acceptors (Lipinski definition) is 4. The van der Waals surface area contributed by atoms with Gasteiger partial charge in [0, 0.05) is 11.3 Å². The van der Waals surface area contributed by atoms with E-state index in [0.717, 1.165) is 11.3 Å². The first kappa shape index (κ1) is 20.3. The largest absolute Gasteiger partial charge is 0.493 e. The molecule has 0 amide bonds. The van der Waals surface area contributed by atoms with Gasteiger partial charge in [-0.15, -0.1) is 0 Å². The minimum atomic E-state index is -0.304. The van der Waals surface area contributed by atoms with E-state index in [1.165, 1.54) is 6.07 Å². The number of thiocarbonyl (C=S) groups is 1. The molecule has 0 fully saturated rings. The Morgan fingerprint density at radius 1 is 1.03 bits per heavy atom. The molecule has 0 bridgehead atoms. The lowest BCUT2D eigenvalue weighted by Crippen LogP contribution is -2.23. The average molecular weight is 409 g/mol. The predicted molar refractivity (Wildman–Crippen MR) is 117 cm³/mol. The highest BCUT2D eigenvalue weighted by Gasteiger charge is 2.07. The van der Waals surface area contributed by atoms with E-state index in [1.807, 2.05) is 36.4 Å². The fourth-order valence-electron chi connectivity index (χ4n) is 2.50. The molecule has 0 aliphatic rings. The number of halogens is 1. The minimum absolute atomic E-state index is 0.109. The third kappa shape index (κ3) is 6.02. The zero-order valence-corrected chi connectivity index (χ0v) is 16.6. The van der Waals surface area contributed by atoms with Gasteiger partial charge in [0.15, 0.2) is 16.6 Å². The van der Waals surface area contributed by atoms with Crippen molar-refractivity contribution in [1.29, 1.82) is 0 Å². The number of benzene rings is 3. The summed E-state index contributed by atoms with van der Waals surface area (Å²) in [6, 6.07) is 21.4. The quantitative estimate of drug-likeness (QED) is 0.336. The molecule has 3 aromatic rings. The van der Waals surface area contributed by atoms with Crippen molar-refractivity contribution in [3.8, 4) is 11.5 Å². The Bertz CT molecular complexity index is 996. The third-order valence-electron chi connectivity index (χ3n) is 3.94. The monoisotopic (exact) mass is 409 g/mol. The summed E-state index contributed by atoms with van der Waals surface area (Å²) in [5.74, 6) is 0.735. The summed E-state index contributed by atoms with van der Waals surface area (Å²) in [4.78, 5) is 0. The van der Waals surface area contributed by atoms with Crippen molar-refractivity contribution in [2.24, 2.45) is 5.10 Å². The Morgan fingerprint density at radius 2 is 1.79 bits per heavy atom. The molecule has 0 saturated heterocycles. The van der Waals surface area contributed by atoms with Gasteiger partial charge in [0.05, 0.1) is 13.3 Å². The van der Waals surface area contributed by atoms with E-state index >= 15 is 0 Å². The van der Waals surface area contributed by atoms with Crippen LogP contribution in [0.15, 0.2) is 77.9 Å². The first-order valence-electron chi connectivity index (χ1n) is 8.85. The molecular formula is C22H20FN3O2S. The SMILES string of the molecule is COc1cc(C=NNC(=S)Nc2ccccc2)ccc1OCc1ccccc1F. The standard InChI is InChI=1S/C22H20FN3O2S/c1-27-21-13-16(14-24-26-22(29)25-18-8-3-2-4-9-18)11-12-20(21)28-15-17-7-5-6-10-19(17)23/h2-14H,15H2,1H3,(H2,25,26,29). The number of rotatable bonds is 7. The molecule has 2 N–H and O–H groups in total.